The van der Waals surface area contributed by atoms with Crippen molar-refractivity contribution in [1.29, 1.82) is 0 Å². The minimum atomic E-state index is -0.981. The van der Waals surface area contributed by atoms with Crippen LogP contribution >= 0.6 is 11.3 Å². The van der Waals surface area contributed by atoms with Crippen LogP contribution in [0.1, 0.15) is 45.5 Å². The number of thiazole rings is 1. The van der Waals surface area contributed by atoms with Crippen molar-refractivity contribution in [2.45, 2.75) is 33.2 Å². The summed E-state index contributed by atoms with van der Waals surface area (Å²) in [6.45, 7) is 5.70. The number of nitrogens with zero attached hydrogens (tertiary/aromatic N) is 3. The Morgan fingerprint density at radius 3 is 2.63 bits per heavy atom. The fourth-order valence-electron chi connectivity index (χ4n) is 2.91. The molecule has 0 aliphatic carbocycles. The molecule has 7 nitrogen and oxygen atoms in total. The number of carbonyl (C=O) groups excluding carboxylic acids is 1. The van der Waals surface area contributed by atoms with E-state index in [0.717, 1.165) is 22.5 Å². The number of benzene rings is 1. The number of carbonyl (C=O) groups is 2. The van der Waals surface area contributed by atoms with Crippen LogP contribution < -0.4 is 5.32 Å². The molecule has 1 atom stereocenters. The summed E-state index contributed by atoms with van der Waals surface area (Å²) in [5.41, 5.74) is 3.74. The van der Waals surface area contributed by atoms with Crippen LogP contribution in [-0.2, 0) is 4.79 Å². The maximum absolute atomic E-state index is 12.7. The van der Waals surface area contributed by atoms with Gasteiger partial charge in [-0.05, 0) is 38.0 Å². The number of amides is 1. The predicted molar refractivity (Wildman–Crippen MR) is 102 cm³/mol. The fraction of sp³-hybridized carbons (Fsp3) is 0.263. The van der Waals surface area contributed by atoms with E-state index in [0.29, 0.717) is 5.13 Å². The van der Waals surface area contributed by atoms with Gasteiger partial charge in [-0.2, -0.15) is 5.10 Å². The summed E-state index contributed by atoms with van der Waals surface area (Å²) in [5, 5.41) is 18.6. The summed E-state index contributed by atoms with van der Waals surface area (Å²) in [4.78, 5) is 28.3. The van der Waals surface area contributed by atoms with E-state index in [4.69, 9.17) is 0 Å². The number of carboxylic acids is 1. The first-order chi connectivity index (χ1) is 12.8. The minimum Gasteiger partial charge on any atom is -0.481 e. The second kappa shape index (κ2) is 7.71. The van der Waals surface area contributed by atoms with Gasteiger partial charge in [0.2, 0.25) is 5.13 Å². The Kier molecular flexibility index (Phi) is 5.36. The molecule has 2 N–H and O–H groups in total. The third-order valence-corrected chi connectivity index (χ3v) is 4.98. The van der Waals surface area contributed by atoms with Crippen LogP contribution in [0.15, 0.2) is 35.7 Å². The van der Waals surface area contributed by atoms with Crippen molar-refractivity contribution in [3.63, 3.8) is 0 Å². The van der Waals surface area contributed by atoms with E-state index in [-0.39, 0.29) is 12.1 Å². The largest absolute Gasteiger partial charge is 0.481 e. The standard InChI is InChI=1S/C19H20N4O3S/c1-11-6-4-5-7-14(11)15(9-17(24)25)20-18(26)16-10-27-19(21-16)23-13(3)8-12(2)22-23/h4-8,10,15H,9H2,1-3H3,(H,20,26)(H,24,25). The van der Waals surface area contributed by atoms with Crippen molar-refractivity contribution in [2.24, 2.45) is 0 Å². The molecule has 3 aromatic rings. The predicted octanol–water partition coefficient (Wildman–Crippen LogP) is 3.20. The van der Waals surface area contributed by atoms with E-state index in [9.17, 15) is 14.7 Å². The third-order valence-electron chi connectivity index (χ3n) is 4.16. The normalized spacial score (nSPS) is 12.0. The Labute approximate surface area is 160 Å². The lowest BCUT2D eigenvalue weighted by molar-refractivity contribution is -0.137. The third kappa shape index (κ3) is 4.22. The van der Waals surface area contributed by atoms with E-state index in [2.05, 4.69) is 15.4 Å². The van der Waals surface area contributed by atoms with Crippen LogP contribution in [0.25, 0.3) is 5.13 Å². The van der Waals surface area contributed by atoms with Gasteiger partial charge in [-0.1, -0.05) is 24.3 Å². The van der Waals surface area contributed by atoms with E-state index in [1.807, 2.05) is 51.1 Å². The first-order valence-corrected chi connectivity index (χ1v) is 9.30. The molecule has 140 valence electrons. The molecule has 8 heteroatoms. The Bertz CT molecular complexity index is 993. The molecular weight excluding hydrogens is 364 g/mol. The Balaban J connectivity index is 1.83. The lowest BCUT2D eigenvalue weighted by Gasteiger charge is -2.18. The van der Waals surface area contributed by atoms with Crippen molar-refractivity contribution in [3.8, 4) is 5.13 Å². The van der Waals surface area contributed by atoms with Gasteiger partial charge >= 0.3 is 5.97 Å². The van der Waals surface area contributed by atoms with Crippen LogP contribution in [-0.4, -0.2) is 31.7 Å². The molecular formula is C19H20N4O3S. The topological polar surface area (TPSA) is 97.1 Å². The summed E-state index contributed by atoms with van der Waals surface area (Å²) in [5.74, 6) is -1.39. The van der Waals surface area contributed by atoms with Crippen LogP contribution in [0.3, 0.4) is 0 Å². The Morgan fingerprint density at radius 1 is 1.26 bits per heavy atom. The minimum absolute atomic E-state index is 0.203. The summed E-state index contributed by atoms with van der Waals surface area (Å²) in [6, 6.07) is 8.72. The van der Waals surface area contributed by atoms with Crippen molar-refractivity contribution >= 4 is 23.2 Å². The highest BCUT2D eigenvalue weighted by Gasteiger charge is 2.22. The maximum atomic E-state index is 12.7. The lowest BCUT2D eigenvalue weighted by Crippen LogP contribution is -2.31. The van der Waals surface area contributed by atoms with E-state index in [1.165, 1.54) is 11.3 Å². The zero-order valence-electron chi connectivity index (χ0n) is 15.3. The van der Waals surface area contributed by atoms with Gasteiger partial charge < -0.3 is 10.4 Å². The number of rotatable bonds is 6. The lowest BCUT2D eigenvalue weighted by atomic mass is 9.98. The number of hydrogen-bond donors (Lipinski definition) is 2. The molecule has 0 aliphatic heterocycles. The second-order valence-electron chi connectivity index (χ2n) is 6.33. The molecule has 0 fully saturated rings. The number of nitrogens with one attached hydrogen (secondary N) is 1. The zero-order chi connectivity index (χ0) is 19.6. The highest BCUT2D eigenvalue weighted by Crippen LogP contribution is 2.22. The quantitative estimate of drug-likeness (QED) is 0.680. The fourth-order valence-corrected chi connectivity index (χ4v) is 3.72. The van der Waals surface area contributed by atoms with Gasteiger partial charge in [-0.15, -0.1) is 11.3 Å². The van der Waals surface area contributed by atoms with E-state index < -0.39 is 17.9 Å². The van der Waals surface area contributed by atoms with Crippen molar-refractivity contribution in [1.82, 2.24) is 20.1 Å². The highest BCUT2D eigenvalue weighted by molar-refractivity contribution is 7.12. The maximum Gasteiger partial charge on any atom is 0.305 e. The van der Waals surface area contributed by atoms with E-state index >= 15 is 0 Å². The van der Waals surface area contributed by atoms with Crippen LogP contribution in [0, 0.1) is 20.8 Å². The Hall–Kier alpha value is -3.00. The summed E-state index contributed by atoms with van der Waals surface area (Å²) in [6.07, 6.45) is -0.203. The number of aromatic nitrogens is 3. The molecule has 0 saturated heterocycles. The molecule has 3 rings (SSSR count). The van der Waals surface area contributed by atoms with Gasteiger partial charge in [-0.3, -0.25) is 9.59 Å². The molecule has 2 aromatic heterocycles. The molecule has 0 saturated carbocycles. The Morgan fingerprint density at radius 2 is 2.00 bits per heavy atom. The number of aliphatic carboxylic acids is 1. The van der Waals surface area contributed by atoms with Crippen LogP contribution in [0.5, 0.6) is 0 Å². The molecule has 0 radical (unpaired) electrons. The summed E-state index contributed by atoms with van der Waals surface area (Å²) in [7, 11) is 0. The molecule has 1 aromatic carbocycles. The average Bonchev–Trinajstić information content (AvgIpc) is 3.20. The van der Waals surface area contributed by atoms with Gasteiger partial charge in [-0.25, -0.2) is 9.67 Å². The van der Waals surface area contributed by atoms with Crippen LogP contribution in [0.2, 0.25) is 0 Å². The monoisotopic (exact) mass is 384 g/mol. The summed E-state index contributed by atoms with van der Waals surface area (Å²) < 4.78 is 1.69. The van der Waals surface area contributed by atoms with Crippen molar-refractivity contribution < 1.29 is 14.7 Å². The highest BCUT2D eigenvalue weighted by atomic mass is 32.1. The SMILES string of the molecule is Cc1cc(C)n(-c2nc(C(=O)NC(CC(=O)O)c3ccccc3C)cs2)n1. The van der Waals surface area contributed by atoms with Gasteiger partial charge in [0.25, 0.3) is 5.91 Å². The smallest absolute Gasteiger partial charge is 0.305 e. The van der Waals surface area contributed by atoms with E-state index in [1.54, 1.807) is 10.1 Å². The molecule has 0 spiro atoms. The second-order valence-corrected chi connectivity index (χ2v) is 7.17. The number of hydrogen-bond acceptors (Lipinski definition) is 5. The van der Waals surface area contributed by atoms with Gasteiger partial charge in [0.15, 0.2) is 0 Å². The molecule has 0 aliphatic rings. The first kappa shape index (κ1) is 18.8. The number of carboxylic acid groups (broad SMARTS) is 1. The molecule has 2 heterocycles. The van der Waals surface area contributed by atoms with Gasteiger partial charge in [0, 0.05) is 11.1 Å². The molecule has 1 amide bonds. The van der Waals surface area contributed by atoms with Crippen molar-refractivity contribution in [3.05, 3.63) is 63.9 Å². The molecule has 1 unspecified atom stereocenters. The molecule has 0 bridgehead atoms. The summed E-state index contributed by atoms with van der Waals surface area (Å²) >= 11 is 1.31. The van der Waals surface area contributed by atoms with Crippen LogP contribution in [0.4, 0.5) is 0 Å². The first-order valence-electron chi connectivity index (χ1n) is 8.42. The van der Waals surface area contributed by atoms with Crippen molar-refractivity contribution in [2.75, 3.05) is 0 Å². The van der Waals surface area contributed by atoms with Gasteiger partial charge in [0.1, 0.15) is 5.69 Å². The molecule has 27 heavy (non-hydrogen) atoms. The number of aryl methyl sites for hydroxylation is 3. The van der Waals surface area contributed by atoms with Gasteiger partial charge in [0.05, 0.1) is 18.2 Å². The zero-order valence-corrected chi connectivity index (χ0v) is 16.1. The average molecular weight is 384 g/mol.